The minimum Gasteiger partial charge on any atom is -0.384 e. The van der Waals surface area contributed by atoms with Gasteiger partial charge in [0.1, 0.15) is 11.5 Å². The van der Waals surface area contributed by atoms with Crippen LogP contribution in [0.5, 0.6) is 0 Å². The molecule has 3 rings (SSSR count). The third-order valence-electron chi connectivity index (χ3n) is 4.30. The topological polar surface area (TPSA) is 96.7 Å². The average molecular weight is 389 g/mol. The van der Waals surface area contributed by atoms with E-state index in [2.05, 4.69) is 20.3 Å². The number of aryl methyl sites for hydroxylation is 1. The van der Waals surface area contributed by atoms with Crippen molar-refractivity contribution in [1.82, 2.24) is 20.3 Å². The largest absolute Gasteiger partial charge is 0.416 e. The number of H-pyrrole nitrogens is 1. The highest BCUT2D eigenvalue weighted by molar-refractivity contribution is 6.01. The molecule has 0 fully saturated rings. The number of nitrogen functional groups attached to an aromatic ring is 1. The van der Waals surface area contributed by atoms with Crippen molar-refractivity contribution in [3.05, 3.63) is 53.3 Å². The molecule has 3 aromatic rings. The molecule has 9 heteroatoms. The molecule has 0 aliphatic rings. The van der Waals surface area contributed by atoms with Crippen LogP contribution in [-0.2, 0) is 12.6 Å². The highest BCUT2D eigenvalue weighted by Gasteiger charge is 2.31. The second-order valence-electron chi connectivity index (χ2n) is 6.08. The molecular formula is C19H18F3N5O. The molecule has 0 saturated carbocycles. The summed E-state index contributed by atoms with van der Waals surface area (Å²) >= 11 is 0. The number of carbonyl (C=O) groups is 1. The summed E-state index contributed by atoms with van der Waals surface area (Å²) < 4.78 is 39.7. The number of anilines is 1. The van der Waals surface area contributed by atoms with E-state index in [1.165, 1.54) is 25.4 Å². The Hall–Kier alpha value is -3.36. The van der Waals surface area contributed by atoms with E-state index >= 15 is 0 Å². The van der Waals surface area contributed by atoms with Crippen LogP contribution in [0.1, 0.15) is 28.5 Å². The fraction of sp³-hybridized carbons (Fsp3) is 0.211. The van der Waals surface area contributed by atoms with E-state index < -0.39 is 17.6 Å². The number of hydrogen-bond donors (Lipinski definition) is 3. The predicted molar refractivity (Wildman–Crippen MR) is 99.4 cm³/mol. The fourth-order valence-corrected chi connectivity index (χ4v) is 2.91. The van der Waals surface area contributed by atoms with Gasteiger partial charge in [-0.15, -0.1) is 0 Å². The molecular weight excluding hydrogens is 371 g/mol. The predicted octanol–water partition coefficient (Wildman–Crippen LogP) is 3.66. The number of nitrogens with zero attached hydrogens (tertiary/aromatic N) is 2. The van der Waals surface area contributed by atoms with Gasteiger partial charge in [0, 0.05) is 18.8 Å². The van der Waals surface area contributed by atoms with Gasteiger partial charge >= 0.3 is 6.18 Å². The number of benzene rings is 1. The fourth-order valence-electron chi connectivity index (χ4n) is 2.91. The first-order valence-electron chi connectivity index (χ1n) is 8.49. The Morgan fingerprint density at radius 3 is 2.57 bits per heavy atom. The quantitative estimate of drug-likeness (QED) is 0.634. The monoisotopic (exact) mass is 389 g/mol. The number of amides is 1. The normalized spacial score (nSPS) is 11.5. The molecule has 28 heavy (non-hydrogen) atoms. The Kier molecular flexibility index (Phi) is 5.08. The second kappa shape index (κ2) is 7.34. The van der Waals surface area contributed by atoms with E-state index in [-0.39, 0.29) is 17.3 Å². The van der Waals surface area contributed by atoms with Gasteiger partial charge in [-0.05, 0) is 41.8 Å². The number of aromatic nitrogens is 3. The molecule has 0 spiro atoms. The van der Waals surface area contributed by atoms with Crippen molar-refractivity contribution >= 4 is 11.7 Å². The summed E-state index contributed by atoms with van der Waals surface area (Å²) in [7, 11) is 1.44. The summed E-state index contributed by atoms with van der Waals surface area (Å²) in [6, 6.07) is 6.59. The van der Waals surface area contributed by atoms with Gasteiger partial charge in [0.15, 0.2) is 5.82 Å². The first-order chi connectivity index (χ1) is 13.2. The molecule has 4 N–H and O–H groups in total. The first kappa shape index (κ1) is 19.4. The Labute approximate surface area is 159 Å². The zero-order chi connectivity index (χ0) is 20.5. The Morgan fingerprint density at radius 2 is 1.96 bits per heavy atom. The van der Waals surface area contributed by atoms with Gasteiger partial charge in [-0.25, -0.2) is 9.97 Å². The van der Waals surface area contributed by atoms with E-state index in [0.29, 0.717) is 28.8 Å². The maximum atomic E-state index is 13.2. The van der Waals surface area contributed by atoms with Gasteiger partial charge in [-0.1, -0.05) is 13.0 Å². The van der Waals surface area contributed by atoms with Crippen molar-refractivity contribution in [2.24, 2.45) is 0 Å². The van der Waals surface area contributed by atoms with E-state index in [9.17, 15) is 18.0 Å². The van der Waals surface area contributed by atoms with Crippen molar-refractivity contribution in [2.45, 2.75) is 19.5 Å². The van der Waals surface area contributed by atoms with Crippen molar-refractivity contribution in [3.63, 3.8) is 0 Å². The molecule has 0 radical (unpaired) electrons. The molecule has 2 aromatic heterocycles. The SMILES string of the molecule is CCc1ccc(C(F)(F)F)cc1-c1cc(-c2nccc(N)n2)[nH]c1C(=O)NC. The lowest BCUT2D eigenvalue weighted by atomic mass is 9.95. The molecule has 1 amide bonds. The van der Waals surface area contributed by atoms with E-state index in [4.69, 9.17) is 5.73 Å². The van der Waals surface area contributed by atoms with Crippen LogP contribution in [0.15, 0.2) is 36.5 Å². The summed E-state index contributed by atoms with van der Waals surface area (Å²) in [6.07, 6.45) is -2.54. The van der Waals surface area contributed by atoms with Crippen LogP contribution < -0.4 is 11.1 Å². The lowest BCUT2D eigenvalue weighted by Gasteiger charge is -2.13. The maximum absolute atomic E-state index is 13.2. The van der Waals surface area contributed by atoms with Crippen LogP contribution in [0, 0.1) is 0 Å². The van der Waals surface area contributed by atoms with Crippen LogP contribution in [0.4, 0.5) is 19.0 Å². The molecule has 146 valence electrons. The number of rotatable bonds is 4. The number of nitrogens with one attached hydrogen (secondary N) is 2. The molecule has 0 atom stereocenters. The van der Waals surface area contributed by atoms with Gasteiger partial charge < -0.3 is 16.0 Å². The van der Waals surface area contributed by atoms with Crippen LogP contribution in [0.2, 0.25) is 0 Å². The molecule has 1 aromatic carbocycles. The molecule has 0 aliphatic carbocycles. The molecule has 2 heterocycles. The van der Waals surface area contributed by atoms with Crippen molar-refractivity contribution in [3.8, 4) is 22.6 Å². The van der Waals surface area contributed by atoms with Gasteiger partial charge in [0.05, 0.1) is 11.3 Å². The second-order valence-corrected chi connectivity index (χ2v) is 6.08. The summed E-state index contributed by atoms with van der Waals surface area (Å²) in [4.78, 5) is 23.5. The van der Waals surface area contributed by atoms with Crippen LogP contribution in [0.25, 0.3) is 22.6 Å². The van der Waals surface area contributed by atoms with Crippen LogP contribution >= 0.6 is 0 Å². The Bertz CT molecular complexity index is 1030. The number of hydrogen-bond acceptors (Lipinski definition) is 4. The highest BCUT2D eigenvalue weighted by Crippen LogP contribution is 2.37. The number of nitrogens with two attached hydrogens (primary N) is 1. The van der Waals surface area contributed by atoms with Gasteiger partial charge in [0.25, 0.3) is 5.91 Å². The standard InChI is InChI=1S/C19H18F3N5O/c1-3-10-4-5-11(19(20,21)22)8-12(10)13-9-14(26-16(13)18(28)24-2)17-25-7-6-15(23)27-17/h4-9,26H,3H2,1-2H3,(H,24,28)(H2,23,25,27). The third-order valence-corrected chi connectivity index (χ3v) is 4.30. The number of carbonyl (C=O) groups excluding carboxylic acids is 1. The summed E-state index contributed by atoms with van der Waals surface area (Å²) in [5.41, 5.74) is 6.73. The van der Waals surface area contributed by atoms with Crippen molar-refractivity contribution < 1.29 is 18.0 Å². The molecule has 0 saturated heterocycles. The van der Waals surface area contributed by atoms with E-state index in [0.717, 1.165) is 12.1 Å². The van der Waals surface area contributed by atoms with Gasteiger partial charge in [-0.2, -0.15) is 13.2 Å². The molecule has 0 bridgehead atoms. The van der Waals surface area contributed by atoms with E-state index in [1.54, 1.807) is 6.07 Å². The zero-order valence-electron chi connectivity index (χ0n) is 15.2. The van der Waals surface area contributed by atoms with Crippen molar-refractivity contribution in [1.29, 1.82) is 0 Å². The van der Waals surface area contributed by atoms with Crippen LogP contribution in [0.3, 0.4) is 0 Å². The Morgan fingerprint density at radius 1 is 1.21 bits per heavy atom. The lowest BCUT2D eigenvalue weighted by Crippen LogP contribution is -2.19. The van der Waals surface area contributed by atoms with Gasteiger partial charge in [0.2, 0.25) is 0 Å². The number of halogens is 3. The first-order valence-corrected chi connectivity index (χ1v) is 8.49. The zero-order valence-corrected chi connectivity index (χ0v) is 15.2. The van der Waals surface area contributed by atoms with Crippen LogP contribution in [-0.4, -0.2) is 27.9 Å². The minimum atomic E-state index is -4.50. The third kappa shape index (κ3) is 3.68. The highest BCUT2D eigenvalue weighted by atomic mass is 19.4. The smallest absolute Gasteiger partial charge is 0.384 e. The minimum absolute atomic E-state index is 0.123. The summed E-state index contributed by atoms with van der Waals surface area (Å²) in [5, 5.41) is 2.49. The van der Waals surface area contributed by atoms with Crippen molar-refractivity contribution in [2.75, 3.05) is 12.8 Å². The van der Waals surface area contributed by atoms with E-state index in [1.807, 2.05) is 6.92 Å². The summed E-state index contributed by atoms with van der Waals surface area (Å²) in [5.74, 6) is 0.00186. The number of aromatic amines is 1. The number of alkyl halides is 3. The molecule has 0 aliphatic heterocycles. The summed E-state index contributed by atoms with van der Waals surface area (Å²) in [6.45, 7) is 1.83. The average Bonchev–Trinajstić information content (AvgIpc) is 3.11. The maximum Gasteiger partial charge on any atom is 0.416 e. The molecule has 0 unspecified atom stereocenters. The molecule has 6 nitrogen and oxygen atoms in total. The van der Waals surface area contributed by atoms with Gasteiger partial charge in [-0.3, -0.25) is 4.79 Å². The Balaban J connectivity index is 2.25. The lowest BCUT2D eigenvalue weighted by molar-refractivity contribution is -0.137.